The first-order chi connectivity index (χ1) is 15.9. The number of fused-ring (bicyclic) bond motifs is 1. The molecule has 3 heterocycles. The molecule has 33 heavy (non-hydrogen) atoms. The van der Waals surface area contributed by atoms with Crippen LogP contribution in [0.4, 0.5) is 0 Å². The highest BCUT2D eigenvalue weighted by molar-refractivity contribution is 5.96. The van der Waals surface area contributed by atoms with Crippen molar-refractivity contribution in [2.75, 3.05) is 0 Å². The molecule has 0 saturated heterocycles. The Balaban J connectivity index is 1.82. The molecule has 0 radical (unpaired) electrons. The lowest BCUT2D eigenvalue weighted by atomic mass is 9.91. The third-order valence-electron chi connectivity index (χ3n) is 6.66. The van der Waals surface area contributed by atoms with E-state index >= 15 is 0 Å². The molecule has 1 aliphatic heterocycles. The number of hydrogen-bond acceptors (Lipinski definition) is 4. The van der Waals surface area contributed by atoms with Crippen LogP contribution in [0.3, 0.4) is 0 Å². The molecular formula is C28H36N4O. The first kappa shape index (κ1) is 23.2. The Morgan fingerprint density at radius 2 is 2.00 bits per heavy atom. The Morgan fingerprint density at radius 3 is 2.73 bits per heavy atom. The van der Waals surface area contributed by atoms with Crippen molar-refractivity contribution in [2.24, 2.45) is 10.9 Å². The molecule has 2 unspecified atom stereocenters. The summed E-state index contributed by atoms with van der Waals surface area (Å²) >= 11 is 0. The van der Waals surface area contributed by atoms with Gasteiger partial charge in [0.05, 0.1) is 0 Å². The summed E-state index contributed by atoms with van der Waals surface area (Å²) < 4.78 is 6.51. The van der Waals surface area contributed by atoms with E-state index in [1.165, 1.54) is 5.57 Å². The fourth-order valence-corrected chi connectivity index (χ4v) is 4.54. The molecular weight excluding hydrogens is 408 g/mol. The third-order valence-corrected chi connectivity index (χ3v) is 6.66. The van der Waals surface area contributed by atoms with Gasteiger partial charge in [0, 0.05) is 52.6 Å². The number of benzene rings is 1. The second-order valence-corrected chi connectivity index (χ2v) is 9.44. The van der Waals surface area contributed by atoms with Crippen LogP contribution in [0.5, 0.6) is 0 Å². The van der Waals surface area contributed by atoms with Crippen LogP contribution in [0, 0.1) is 5.92 Å². The highest BCUT2D eigenvalue weighted by Crippen LogP contribution is 2.36. The predicted octanol–water partition coefficient (Wildman–Crippen LogP) is 7.51. The SMILES string of the molecule is CCC1=C(c2ccc3[nH]cc(-c4nccc(C(C)CC)n4)c3c2)OC(=NC(C)C)CCC1C. The van der Waals surface area contributed by atoms with Gasteiger partial charge in [-0.25, -0.2) is 9.97 Å². The van der Waals surface area contributed by atoms with Crippen molar-refractivity contribution in [3.05, 3.63) is 53.5 Å². The van der Waals surface area contributed by atoms with E-state index in [1.807, 2.05) is 18.5 Å². The minimum absolute atomic E-state index is 0.216. The molecule has 0 bridgehead atoms. The van der Waals surface area contributed by atoms with Crippen molar-refractivity contribution >= 4 is 22.6 Å². The Kier molecular flexibility index (Phi) is 6.96. The van der Waals surface area contributed by atoms with E-state index in [-0.39, 0.29) is 6.04 Å². The first-order valence-electron chi connectivity index (χ1n) is 12.3. The molecule has 0 spiro atoms. The molecule has 5 heteroatoms. The van der Waals surface area contributed by atoms with E-state index in [1.54, 1.807) is 0 Å². The highest BCUT2D eigenvalue weighted by atomic mass is 16.5. The zero-order chi connectivity index (χ0) is 23.5. The summed E-state index contributed by atoms with van der Waals surface area (Å²) in [6, 6.07) is 8.73. The van der Waals surface area contributed by atoms with Crippen LogP contribution in [-0.2, 0) is 4.74 Å². The van der Waals surface area contributed by atoms with E-state index in [4.69, 9.17) is 14.7 Å². The third kappa shape index (κ3) is 4.87. The summed E-state index contributed by atoms with van der Waals surface area (Å²) in [6.45, 7) is 13.1. The molecule has 4 rings (SSSR count). The van der Waals surface area contributed by atoms with Crippen molar-refractivity contribution < 1.29 is 4.74 Å². The fourth-order valence-electron chi connectivity index (χ4n) is 4.54. The topological polar surface area (TPSA) is 63.2 Å². The van der Waals surface area contributed by atoms with Crippen molar-refractivity contribution in [2.45, 2.75) is 79.2 Å². The molecule has 2 atom stereocenters. The molecule has 1 N–H and O–H groups in total. The molecule has 0 fully saturated rings. The summed E-state index contributed by atoms with van der Waals surface area (Å²) in [6.07, 6.45) is 7.84. The standard InChI is InChI=1S/C28H36N4O/c1-7-18(5)24-13-14-29-28(32-24)23-16-30-25-11-10-20(15-22(23)25)27-21(8-2)19(6)9-12-26(33-27)31-17(3)4/h10-11,13-19,30H,7-9,12H2,1-6H3. The van der Waals surface area contributed by atoms with Gasteiger partial charge in [0.2, 0.25) is 0 Å². The maximum absolute atomic E-state index is 6.51. The molecule has 0 saturated carbocycles. The second kappa shape index (κ2) is 9.90. The number of allylic oxidation sites excluding steroid dienone is 1. The normalized spacial score (nSPS) is 19.2. The van der Waals surface area contributed by atoms with Gasteiger partial charge in [-0.1, -0.05) is 27.7 Å². The molecule has 0 aliphatic carbocycles. The summed E-state index contributed by atoms with van der Waals surface area (Å²) in [7, 11) is 0. The van der Waals surface area contributed by atoms with Crippen LogP contribution >= 0.6 is 0 Å². The molecule has 2 aromatic heterocycles. The number of nitrogens with zero attached hydrogens (tertiary/aromatic N) is 3. The monoisotopic (exact) mass is 444 g/mol. The molecule has 1 aromatic carbocycles. The minimum atomic E-state index is 0.216. The van der Waals surface area contributed by atoms with Gasteiger partial charge >= 0.3 is 0 Å². The summed E-state index contributed by atoms with van der Waals surface area (Å²) in [5, 5.41) is 1.11. The van der Waals surface area contributed by atoms with Gasteiger partial charge in [-0.15, -0.1) is 0 Å². The lowest BCUT2D eigenvalue weighted by Gasteiger charge is -2.16. The van der Waals surface area contributed by atoms with Crippen LogP contribution < -0.4 is 0 Å². The zero-order valence-corrected chi connectivity index (χ0v) is 20.8. The van der Waals surface area contributed by atoms with Gasteiger partial charge in [-0.3, -0.25) is 4.99 Å². The Hall–Kier alpha value is -2.95. The highest BCUT2D eigenvalue weighted by Gasteiger charge is 2.24. The Labute approximate surface area is 197 Å². The first-order valence-corrected chi connectivity index (χ1v) is 12.3. The van der Waals surface area contributed by atoms with Gasteiger partial charge in [0.25, 0.3) is 0 Å². The van der Waals surface area contributed by atoms with Crippen molar-refractivity contribution in [3.8, 4) is 11.4 Å². The molecule has 174 valence electrons. The number of ether oxygens (including phenoxy) is 1. The van der Waals surface area contributed by atoms with E-state index in [0.29, 0.717) is 11.8 Å². The minimum Gasteiger partial charge on any atom is -0.443 e. The number of rotatable bonds is 6. The predicted molar refractivity (Wildman–Crippen MR) is 137 cm³/mol. The number of H-pyrrole nitrogens is 1. The zero-order valence-electron chi connectivity index (χ0n) is 20.8. The average molecular weight is 445 g/mol. The number of hydrogen-bond donors (Lipinski definition) is 1. The lowest BCUT2D eigenvalue weighted by molar-refractivity contribution is 0.484. The van der Waals surface area contributed by atoms with Gasteiger partial charge in [-0.2, -0.15) is 0 Å². The Morgan fingerprint density at radius 1 is 1.18 bits per heavy atom. The average Bonchev–Trinajstić information content (AvgIpc) is 3.17. The van der Waals surface area contributed by atoms with Crippen LogP contribution in [0.25, 0.3) is 28.0 Å². The maximum atomic E-state index is 6.51. The van der Waals surface area contributed by atoms with E-state index in [2.05, 4.69) is 69.7 Å². The largest absolute Gasteiger partial charge is 0.443 e. The van der Waals surface area contributed by atoms with E-state index < -0.39 is 0 Å². The maximum Gasteiger partial charge on any atom is 0.190 e. The van der Waals surface area contributed by atoms with Gasteiger partial charge in [-0.05, 0) is 74.8 Å². The van der Waals surface area contributed by atoms with Gasteiger partial charge in [0.1, 0.15) is 5.76 Å². The van der Waals surface area contributed by atoms with Crippen LogP contribution in [-0.4, -0.2) is 26.9 Å². The summed E-state index contributed by atoms with van der Waals surface area (Å²) in [5.41, 5.74) is 5.62. The second-order valence-electron chi connectivity index (χ2n) is 9.44. The van der Waals surface area contributed by atoms with E-state index in [0.717, 1.165) is 70.9 Å². The van der Waals surface area contributed by atoms with Gasteiger partial charge in [0.15, 0.2) is 11.7 Å². The quantitative estimate of drug-likeness (QED) is 0.428. The summed E-state index contributed by atoms with van der Waals surface area (Å²) in [5.74, 6) is 3.43. The van der Waals surface area contributed by atoms with Crippen LogP contribution in [0.1, 0.15) is 84.4 Å². The van der Waals surface area contributed by atoms with Crippen LogP contribution in [0.15, 0.2) is 47.2 Å². The number of aromatic amines is 1. The number of aliphatic imine (C=N–C) groups is 1. The van der Waals surface area contributed by atoms with E-state index in [9.17, 15) is 0 Å². The number of nitrogens with one attached hydrogen (secondary N) is 1. The lowest BCUT2D eigenvalue weighted by Crippen LogP contribution is -2.06. The Bertz CT molecular complexity index is 1190. The molecule has 3 aromatic rings. The van der Waals surface area contributed by atoms with Crippen molar-refractivity contribution in [3.63, 3.8) is 0 Å². The molecule has 5 nitrogen and oxygen atoms in total. The van der Waals surface area contributed by atoms with Crippen molar-refractivity contribution in [1.29, 1.82) is 0 Å². The molecule has 0 amide bonds. The van der Waals surface area contributed by atoms with Gasteiger partial charge < -0.3 is 9.72 Å². The molecule has 1 aliphatic rings. The van der Waals surface area contributed by atoms with Crippen LogP contribution in [0.2, 0.25) is 0 Å². The summed E-state index contributed by atoms with van der Waals surface area (Å²) in [4.78, 5) is 17.6. The number of aromatic nitrogens is 3. The smallest absolute Gasteiger partial charge is 0.190 e. The van der Waals surface area contributed by atoms with Crippen molar-refractivity contribution in [1.82, 2.24) is 15.0 Å². The fraction of sp³-hybridized carbons (Fsp3) is 0.464.